The molecule has 0 bridgehead atoms. The highest BCUT2D eigenvalue weighted by Crippen LogP contribution is 2.48. The summed E-state index contributed by atoms with van der Waals surface area (Å²) in [5.41, 5.74) is 2.31. The highest BCUT2D eigenvalue weighted by molar-refractivity contribution is 7.55. The number of hydrogen-bond acceptors (Lipinski definition) is 4. The first-order valence-corrected chi connectivity index (χ1v) is 9.82. The van der Waals surface area contributed by atoms with E-state index in [1.807, 2.05) is 24.3 Å². The van der Waals surface area contributed by atoms with Gasteiger partial charge in [-0.05, 0) is 55.2 Å². The number of carbonyl (C=O) groups excluding carboxylic acids is 1. The number of benzene rings is 2. The minimum atomic E-state index is -3.62. The van der Waals surface area contributed by atoms with Gasteiger partial charge in [-0.2, -0.15) is 0 Å². The van der Waals surface area contributed by atoms with Crippen molar-refractivity contribution in [1.82, 2.24) is 0 Å². The van der Waals surface area contributed by atoms with Crippen molar-refractivity contribution in [3.63, 3.8) is 0 Å². The summed E-state index contributed by atoms with van der Waals surface area (Å²) in [6, 6.07) is 14.6. The van der Waals surface area contributed by atoms with Crippen LogP contribution in [0.4, 0.5) is 0 Å². The second-order valence-electron chi connectivity index (χ2n) is 5.65. The van der Waals surface area contributed by atoms with Gasteiger partial charge in [-0.25, -0.2) is 4.57 Å². The molecular formula is C19H23O4P. The lowest BCUT2D eigenvalue weighted by molar-refractivity contribution is -0.114. The van der Waals surface area contributed by atoms with Crippen molar-refractivity contribution < 1.29 is 18.4 Å². The third-order valence-corrected chi connectivity index (χ3v) is 5.38. The maximum Gasteiger partial charge on any atom is 0.438 e. The Morgan fingerprint density at radius 2 is 1.21 bits per heavy atom. The molecule has 0 unspecified atom stereocenters. The predicted molar refractivity (Wildman–Crippen MR) is 96.1 cm³/mol. The number of rotatable bonds is 8. The van der Waals surface area contributed by atoms with Crippen molar-refractivity contribution in [2.24, 2.45) is 0 Å². The van der Waals surface area contributed by atoms with Crippen LogP contribution >= 0.6 is 7.60 Å². The fourth-order valence-electron chi connectivity index (χ4n) is 2.25. The average Bonchev–Trinajstić information content (AvgIpc) is 2.55. The highest BCUT2D eigenvalue weighted by atomic mass is 31.2. The van der Waals surface area contributed by atoms with Crippen molar-refractivity contribution in [2.75, 3.05) is 6.16 Å². The predicted octanol–water partition coefficient (Wildman–Crippen LogP) is 5.05. The largest absolute Gasteiger partial charge is 0.438 e. The van der Waals surface area contributed by atoms with Crippen LogP contribution in [0.15, 0.2) is 48.5 Å². The zero-order valence-corrected chi connectivity index (χ0v) is 15.2. The summed E-state index contributed by atoms with van der Waals surface area (Å²) in [5.74, 6) is 0.623. The Morgan fingerprint density at radius 3 is 1.50 bits per heavy atom. The Balaban J connectivity index is 2.20. The molecular weight excluding hydrogens is 323 g/mol. The second kappa shape index (κ2) is 8.16. The topological polar surface area (TPSA) is 52.6 Å². The summed E-state index contributed by atoms with van der Waals surface area (Å²) in [6.07, 6.45) is 1.55. The van der Waals surface area contributed by atoms with Gasteiger partial charge in [0.15, 0.2) is 0 Å². The fourth-order valence-corrected chi connectivity index (χ4v) is 3.85. The molecule has 2 aromatic carbocycles. The summed E-state index contributed by atoms with van der Waals surface area (Å²) in [7, 11) is -3.62. The Hall–Kier alpha value is -2.06. The monoisotopic (exact) mass is 346 g/mol. The van der Waals surface area contributed by atoms with Crippen LogP contribution in [0, 0.1) is 0 Å². The zero-order chi connectivity index (χ0) is 17.6. The van der Waals surface area contributed by atoms with Crippen LogP contribution in [0.3, 0.4) is 0 Å². The first-order valence-electron chi connectivity index (χ1n) is 8.09. The lowest BCUT2D eigenvalue weighted by Crippen LogP contribution is -2.10. The van der Waals surface area contributed by atoms with Gasteiger partial charge >= 0.3 is 7.60 Å². The quantitative estimate of drug-likeness (QED) is 0.628. The second-order valence-corrected chi connectivity index (χ2v) is 7.55. The molecule has 2 rings (SSSR count). The fraction of sp³-hybridized carbons (Fsp3) is 0.316. The van der Waals surface area contributed by atoms with E-state index in [-0.39, 0.29) is 11.9 Å². The molecule has 0 aliphatic heterocycles. The Kier molecular flexibility index (Phi) is 6.22. The molecule has 0 aliphatic carbocycles. The van der Waals surface area contributed by atoms with Crippen LogP contribution < -0.4 is 9.05 Å². The van der Waals surface area contributed by atoms with Gasteiger partial charge in [0, 0.05) is 0 Å². The molecule has 0 saturated heterocycles. The van der Waals surface area contributed by atoms with Crippen molar-refractivity contribution in [2.45, 2.75) is 33.6 Å². The normalized spacial score (nSPS) is 11.1. The van der Waals surface area contributed by atoms with Gasteiger partial charge in [0.2, 0.25) is 0 Å². The SMILES string of the molecule is CCc1ccc(OP(=O)(CC(C)=O)Oc2ccc(CC)cc2)cc1. The molecule has 0 amide bonds. The minimum absolute atomic E-state index is 0.242. The molecule has 5 heteroatoms. The molecule has 0 atom stereocenters. The van der Waals surface area contributed by atoms with Crippen LogP contribution in [-0.4, -0.2) is 11.9 Å². The van der Waals surface area contributed by atoms with Crippen molar-refractivity contribution in [3.05, 3.63) is 59.7 Å². The average molecular weight is 346 g/mol. The highest BCUT2D eigenvalue weighted by Gasteiger charge is 2.30. The third-order valence-electron chi connectivity index (χ3n) is 3.57. The lowest BCUT2D eigenvalue weighted by Gasteiger charge is -2.19. The van der Waals surface area contributed by atoms with Crippen molar-refractivity contribution >= 4 is 13.4 Å². The smallest absolute Gasteiger partial charge is 0.416 e. The van der Waals surface area contributed by atoms with Gasteiger partial charge in [0.1, 0.15) is 23.4 Å². The van der Waals surface area contributed by atoms with Gasteiger partial charge in [-0.15, -0.1) is 0 Å². The summed E-state index contributed by atoms with van der Waals surface area (Å²) in [6.45, 7) is 5.49. The van der Waals surface area contributed by atoms with Crippen molar-refractivity contribution in [3.8, 4) is 11.5 Å². The zero-order valence-electron chi connectivity index (χ0n) is 14.3. The molecule has 0 heterocycles. The number of ketones is 1. The first-order chi connectivity index (χ1) is 11.4. The molecule has 0 aliphatic rings. The number of aryl methyl sites for hydroxylation is 2. The lowest BCUT2D eigenvalue weighted by atomic mass is 10.2. The Bertz CT molecular complexity index is 667. The molecule has 128 valence electrons. The number of hydrogen-bond donors (Lipinski definition) is 0. The third kappa shape index (κ3) is 5.24. The van der Waals surface area contributed by atoms with E-state index in [1.165, 1.54) is 6.92 Å². The van der Waals surface area contributed by atoms with Gasteiger partial charge < -0.3 is 9.05 Å². The van der Waals surface area contributed by atoms with Crippen LogP contribution in [-0.2, 0) is 22.2 Å². The van der Waals surface area contributed by atoms with E-state index in [2.05, 4.69) is 13.8 Å². The maximum atomic E-state index is 13.0. The van der Waals surface area contributed by atoms with E-state index in [0.29, 0.717) is 11.5 Å². The summed E-state index contributed by atoms with van der Waals surface area (Å²) >= 11 is 0. The van der Waals surface area contributed by atoms with Gasteiger partial charge in [-0.1, -0.05) is 38.1 Å². The summed E-state index contributed by atoms with van der Waals surface area (Å²) in [4.78, 5) is 11.5. The van der Waals surface area contributed by atoms with Crippen LogP contribution in [0.1, 0.15) is 31.9 Å². The molecule has 0 aromatic heterocycles. The molecule has 24 heavy (non-hydrogen) atoms. The molecule has 2 aromatic rings. The van der Waals surface area contributed by atoms with Crippen LogP contribution in [0.5, 0.6) is 11.5 Å². The van der Waals surface area contributed by atoms with Crippen molar-refractivity contribution in [1.29, 1.82) is 0 Å². The van der Waals surface area contributed by atoms with E-state index in [0.717, 1.165) is 24.0 Å². The summed E-state index contributed by atoms with van der Waals surface area (Å²) < 4.78 is 24.2. The number of Topliss-reactive ketones (excluding diaryl/α,β-unsaturated/α-hetero) is 1. The molecule has 4 nitrogen and oxygen atoms in total. The molecule has 0 fully saturated rings. The van der Waals surface area contributed by atoms with E-state index in [1.54, 1.807) is 24.3 Å². The Morgan fingerprint density at radius 1 is 0.833 bits per heavy atom. The Labute approximate surface area is 143 Å². The molecule has 0 N–H and O–H groups in total. The van der Waals surface area contributed by atoms with Gasteiger partial charge in [0.25, 0.3) is 0 Å². The van der Waals surface area contributed by atoms with E-state index < -0.39 is 7.60 Å². The molecule has 0 radical (unpaired) electrons. The standard InChI is InChI=1S/C19H23O4P/c1-4-16-6-10-18(11-7-16)22-24(21,14-15(3)20)23-19-12-8-17(5-2)9-13-19/h6-13H,4-5,14H2,1-3H3. The first kappa shape index (κ1) is 18.3. The van der Waals surface area contributed by atoms with Gasteiger partial charge in [0.05, 0.1) is 0 Å². The van der Waals surface area contributed by atoms with E-state index >= 15 is 0 Å². The van der Waals surface area contributed by atoms with Crippen LogP contribution in [0.2, 0.25) is 0 Å². The van der Waals surface area contributed by atoms with Gasteiger partial charge in [-0.3, -0.25) is 4.79 Å². The van der Waals surface area contributed by atoms with E-state index in [4.69, 9.17) is 9.05 Å². The minimum Gasteiger partial charge on any atom is -0.416 e. The maximum absolute atomic E-state index is 13.0. The number of carbonyl (C=O) groups is 1. The molecule has 0 spiro atoms. The van der Waals surface area contributed by atoms with Crippen LogP contribution in [0.25, 0.3) is 0 Å². The van der Waals surface area contributed by atoms with E-state index in [9.17, 15) is 9.36 Å². The molecule has 0 saturated carbocycles. The summed E-state index contributed by atoms with van der Waals surface area (Å²) in [5, 5.41) is 0.